The summed E-state index contributed by atoms with van der Waals surface area (Å²) in [7, 11) is 0. The van der Waals surface area contributed by atoms with E-state index >= 15 is 0 Å². The van der Waals surface area contributed by atoms with Crippen molar-refractivity contribution in [2.75, 3.05) is 31.1 Å². The number of aryl methyl sites for hydroxylation is 1. The van der Waals surface area contributed by atoms with Crippen LogP contribution in [0.5, 0.6) is 0 Å². The van der Waals surface area contributed by atoms with Crippen LogP contribution < -0.4 is 15.5 Å². The van der Waals surface area contributed by atoms with Gasteiger partial charge in [0.1, 0.15) is 11.7 Å². The van der Waals surface area contributed by atoms with Crippen LogP contribution in [0.2, 0.25) is 5.15 Å². The maximum absolute atomic E-state index is 12.7. The minimum absolute atomic E-state index is 0. The molecule has 0 radical (unpaired) electrons. The van der Waals surface area contributed by atoms with Crippen LogP contribution in [-0.4, -0.2) is 43.0 Å². The van der Waals surface area contributed by atoms with Crippen molar-refractivity contribution in [3.63, 3.8) is 0 Å². The molecule has 0 spiro atoms. The molecule has 1 aromatic carbocycles. The second kappa shape index (κ2) is 12.0. The molecule has 2 heterocycles. The number of carbonyl (C=O) groups excluding carboxylic acids is 1. The first-order chi connectivity index (χ1) is 13.7. The van der Waals surface area contributed by atoms with Crippen molar-refractivity contribution < 1.29 is 4.79 Å². The Bertz CT molecular complexity index is 828. The molecule has 0 aliphatic carbocycles. The largest absolute Gasteiger partial charge is 0.357 e. The molecule has 29 heavy (non-hydrogen) atoms. The quantitative estimate of drug-likeness (QED) is 0.261. The molecule has 3 rings (SSSR count). The standard InChI is InChI=1S/C21H26ClN5O.HI/c1-2-23-21(24-12-11-16-9-10-19(22)25-14-16)26-15-20(28)27-13-5-7-17-6-3-4-8-18(17)27;/h3-4,6,8-10,14H,2,5,7,11-13,15H2,1H3,(H2,23,24,26);1H. The number of nitrogens with zero attached hydrogens (tertiary/aromatic N) is 3. The first-order valence-corrected chi connectivity index (χ1v) is 10.1. The first-order valence-electron chi connectivity index (χ1n) is 9.68. The van der Waals surface area contributed by atoms with Crippen molar-refractivity contribution >= 4 is 53.1 Å². The molecule has 1 aliphatic heterocycles. The van der Waals surface area contributed by atoms with Gasteiger partial charge >= 0.3 is 0 Å². The summed E-state index contributed by atoms with van der Waals surface area (Å²) in [5.41, 5.74) is 3.34. The molecule has 156 valence electrons. The van der Waals surface area contributed by atoms with Gasteiger partial charge in [-0.3, -0.25) is 4.79 Å². The van der Waals surface area contributed by atoms with E-state index in [-0.39, 0.29) is 36.4 Å². The summed E-state index contributed by atoms with van der Waals surface area (Å²) >= 11 is 5.81. The van der Waals surface area contributed by atoms with E-state index in [1.807, 2.05) is 36.1 Å². The van der Waals surface area contributed by atoms with Gasteiger partial charge in [0, 0.05) is 31.5 Å². The van der Waals surface area contributed by atoms with E-state index in [1.54, 1.807) is 12.3 Å². The molecule has 6 nitrogen and oxygen atoms in total. The molecular formula is C21H27ClIN5O. The van der Waals surface area contributed by atoms with Crippen molar-refractivity contribution in [3.8, 4) is 0 Å². The van der Waals surface area contributed by atoms with E-state index in [0.29, 0.717) is 17.7 Å². The molecular weight excluding hydrogens is 501 g/mol. The average molecular weight is 528 g/mol. The molecule has 0 bridgehead atoms. The number of aliphatic imine (C=N–C) groups is 1. The number of guanidine groups is 1. The van der Waals surface area contributed by atoms with E-state index < -0.39 is 0 Å². The van der Waals surface area contributed by atoms with Crippen LogP contribution in [0, 0.1) is 0 Å². The van der Waals surface area contributed by atoms with E-state index in [2.05, 4.69) is 26.7 Å². The minimum Gasteiger partial charge on any atom is -0.357 e. The first kappa shape index (κ1) is 23.4. The number of pyridine rings is 1. The van der Waals surface area contributed by atoms with Crippen LogP contribution in [0.3, 0.4) is 0 Å². The molecule has 0 unspecified atom stereocenters. The van der Waals surface area contributed by atoms with Crippen LogP contribution >= 0.6 is 35.6 Å². The zero-order chi connectivity index (χ0) is 19.8. The summed E-state index contributed by atoms with van der Waals surface area (Å²) < 4.78 is 0. The van der Waals surface area contributed by atoms with Crippen LogP contribution in [0.1, 0.15) is 24.5 Å². The molecule has 2 N–H and O–H groups in total. The summed E-state index contributed by atoms with van der Waals surface area (Å²) in [6.07, 6.45) is 4.57. The third-order valence-corrected chi connectivity index (χ3v) is 4.85. The van der Waals surface area contributed by atoms with Crippen molar-refractivity contribution in [1.82, 2.24) is 15.6 Å². The lowest BCUT2D eigenvalue weighted by molar-refractivity contribution is -0.117. The number of nitrogens with one attached hydrogen (secondary N) is 2. The second-order valence-electron chi connectivity index (χ2n) is 6.64. The highest BCUT2D eigenvalue weighted by Gasteiger charge is 2.21. The second-order valence-corrected chi connectivity index (χ2v) is 7.03. The molecule has 1 aliphatic rings. The fourth-order valence-electron chi connectivity index (χ4n) is 3.25. The lowest BCUT2D eigenvalue weighted by Gasteiger charge is -2.29. The Labute approximate surface area is 194 Å². The predicted octanol–water partition coefficient (Wildman–Crippen LogP) is 3.43. The molecule has 1 amide bonds. The van der Waals surface area contributed by atoms with Gasteiger partial charge in [-0.1, -0.05) is 35.9 Å². The number of hydrogen-bond donors (Lipinski definition) is 2. The Morgan fingerprint density at radius 3 is 2.83 bits per heavy atom. The van der Waals surface area contributed by atoms with Gasteiger partial charge in [0.05, 0.1) is 0 Å². The lowest BCUT2D eigenvalue weighted by atomic mass is 10.0. The highest BCUT2D eigenvalue weighted by atomic mass is 127. The van der Waals surface area contributed by atoms with Crippen LogP contribution in [0.4, 0.5) is 5.69 Å². The number of carbonyl (C=O) groups is 1. The van der Waals surface area contributed by atoms with E-state index in [1.165, 1.54) is 5.56 Å². The van der Waals surface area contributed by atoms with Gasteiger partial charge < -0.3 is 15.5 Å². The number of anilines is 1. The SMILES string of the molecule is CCNC(=NCC(=O)N1CCCc2ccccc21)NCCc1ccc(Cl)nc1.I. The number of amides is 1. The summed E-state index contributed by atoms with van der Waals surface area (Å²) in [6.45, 7) is 4.29. The number of para-hydroxylation sites is 1. The molecule has 0 saturated heterocycles. The summed E-state index contributed by atoms with van der Waals surface area (Å²) in [5, 5.41) is 6.95. The molecule has 0 atom stereocenters. The van der Waals surface area contributed by atoms with E-state index in [0.717, 1.165) is 43.6 Å². The third-order valence-electron chi connectivity index (χ3n) is 4.62. The molecule has 0 saturated carbocycles. The Morgan fingerprint density at radius 1 is 1.24 bits per heavy atom. The molecule has 2 aromatic rings. The van der Waals surface area contributed by atoms with Gasteiger partial charge in [-0.2, -0.15) is 0 Å². The van der Waals surface area contributed by atoms with Crippen LogP contribution in [-0.2, 0) is 17.6 Å². The van der Waals surface area contributed by atoms with Gasteiger partial charge in [-0.25, -0.2) is 9.98 Å². The van der Waals surface area contributed by atoms with Gasteiger partial charge in [0.25, 0.3) is 0 Å². The summed E-state index contributed by atoms with van der Waals surface area (Å²) in [4.78, 5) is 23.1. The van der Waals surface area contributed by atoms with Gasteiger partial charge in [0.2, 0.25) is 5.91 Å². The van der Waals surface area contributed by atoms with Gasteiger partial charge in [-0.05, 0) is 49.4 Å². The Hall–Kier alpha value is -1.87. The summed E-state index contributed by atoms with van der Waals surface area (Å²) in [5.74, 6) is 0.661. The lowest BCUT2D eigenvalue weighted by Crippen LogP contribution is -2.41. The fourth-order valence-corrected chi connectivity index (χ4v) is 3.36. The number of hydrogen-bond acceptors (Lipinski definition) is 3. The maximum Gasteiger partial charge on any atom is 0.248 e. The van der Waals surface area contributed by atoms with E-state index in [9.17, 15) is 4.79 Å². The molecule has 1 aromatic heterocycles. The predicted molar refractivity (Wildman–Crippen MR) is 129 cm³/mol. The van der Waals surface area contributed by atoms with Gasteiger partial charge in [0.15, 0.2) is 5.96 Å². The summed E-state index contributed by atoms with van der Waals surface area (Å²) in [6, 6.07) is 11.8. The number of benzene rings is 1. The molecule has 8 heteroatoms. The number of fused-ring (bicyclic) bond motifs is 1. The highest BCUT2D eigenvalue weighted by molar-refractivity contribution is 14.0. The number of rotatable bonds is 6. The number of halogens is 2. The zero-order valence-electron chi connectivity index (χ0n) is 16.5. The van der Waals surface area contributed by atoms with Crippen molar-refractivity contribution in [1.29, 1.82) is 0 Å². The highest BCUT2D eigenvalue weighted by Crippen LogP contribution is 2.26. The molecule has 0 fully saturated rings. The Morgan fingerprint density at radius 2 is 2.07 bits per heavy atom. The topological polar surface area (TPSA) is 69.6 Å². The van der Waals surface area contributed by atoms with Crippen molar-refractivity contribution in [3.05, 3.63) is 58.9 Å². The fraction of sp³-hybridized carbons (Fsp3) is 0.381. The van der Waals surface area contributed by atoms with Crippen molar-refractivity contribution in [2.24, 2.45) is 4.99 Å². The van der Waals surface area contributed by atoms with Gasteiger partial charge in [-0.15, -0.1) is 24.0 Å². The number of aromatic nitrogens is 1. The monoisotopic (exact) mass is 527 g/mol. The van der Waals surface area contributed by atoms with E-state index in [4.69, 9.17) is 11.6 Å². The Balaban J connectivity index is 0.00000300. The minimum atomic E-state index is 0. The third kappa shape index (κ3) is 6.85. The zero-order valence-corrected chi connectivity index (χ0v) is 19.6. The van der Waals surface area contributed by atoms with Crippen LogP contribution in [0.15, 0.2) is 47.6 Å². The normalized spacial score (nSPS) is 13.3. The Kier molecular flexibility index (Phi) is 9.66. The maximum atomic E-state index is 12.7. The van der Waals surface area contributed by atoms with Crippen LogP contribution in [0.25, 0.3) is 0 Å². The van der Waals surface area contributed by atoms with Crippen molar-refractivity contribution in [2.45, 2.75) is 26.2 Å². The average Bonchev–Trinajstić information content (AvgIpc) is 2.72. The smallest absolute Gasteiger partial charge is 0.248 e.